The Morgan fingerprint density at radius 1 is 0.913 bits per heavy atom. The molecule has 23 heavy (non-hydrogen) atoms. The van der Waals surface area contributed by atoms with Crippen LogP contribution in [0.5, 0.6) is 0 Å². The van der Waals surface area contributed by atoms with Crippen LogP contribution >= 0.6 is 0 Å². The molecule has 0 N–H and O–H groups in total. The molecule has 3 nitrogen and oxygen atoms in total. The van der Waals surface area contributed by atoms with Gasteiger partial charge in [-0.1, -0.05) is 43.3 Å². The molecular formula is C20H19N3. The van der Waals surface area contributed by atoms with Crippen LogP contribution < -0.4 is 0 Å². The predicted molar refractivity (Wildman–Crippen MR) is 94.1 cm³/mol. The molecule has 2 heterocycles. The number of hydrogen-bond acceptors (Lipinski definition) is 3. The second-order valence-electron chi connectivity index (χ2n) is 6.67. The summed E-state index contributed by atoms with van der Waals surface area (Å²) in [7, 11) is 0. The van der Waals surface area contributed by atoms with E-state index in [1.165, 1.54) is 11.1 Å². The molecule has 0 spiro atoms. The van der Waals surface area contributed by atoms with Gasteiger partial charge in [-0.2, -0.15) is 0 Å². The van der Waals surface area contributed by atoms with Gasteiger partial charge in [0.25, 0.3) is 0 Å². The molecule has 0 amide bonds. The van der Waals surface area contributed by atoms with Gasteiger partial charge in [-0.15, -0.1) is 0 Å². The van der Waals surface area contributed by atoms with E-state index in [0.717, 1.165) is 22.4 Å². The van der Waals surface area contributed by atoms with E-state index in [4.69, 9.17) is 9.98 Å². The largest absolute Gasteiger partial charge is 0.276 e. The molecule has 4 rings (SSSR count). The highest BCUT2D eigenvalue weighted by Crippen LogP contribution is 2.38. The number of hydrogen-bond donors (Lipinski definition) is 0. The van der Waals surface area contributed by atoms with Gasteiger partial charge in [0.2, 0.25) is 0 Å². The second kappa shape index (κ2) is 4.98. The number of rotatable bonds is 1. The van der Waals surface area contributed by atoms with Crippen molar-refractivity contribution < 1.29 is 0 Å². The first-order valence-corrected chi connectivity index (χ1v) is 7.97. The molecule has 3 aromatic rings. The van der Waals surface area contributed by atoms with E-state index < -0.39 is 0 Å². The maximum absolute atomic E-state index is 5.03. The molecule has 0 radical (unpaired) electrons. The van der Waals surface area contributed by atoms with Crippen LogP contribution in [0.25, 0.3) is 11.0 Å². The first-order valence-electron chi connectivity index (χ1n) is 7.97. The lowest BCUT2D eigenvalue weighted by Gasteiger charge is -2.35. The third-order valence-corrected chi connectivity index (χ3v) is 4.83. The Hall–Kier alpha value is -2.55. The molecule has 0 aliphatic carbocycles. The average molecular weight is 301 g/mol. The van der Waals surface area contributed by atoms with Gasteiger partial charge in [0.05, 0.1) is 28.5 Å². The summed E-state index contributed by atoms with van der Waals surface area (Å²) in [6.45, 7) is 6.61. The van der Waals surface area contributed by atoms with E-state index in [-0.39, 0.29) is 5.54 Å². The van der Waals surface area contributed by atoms with Crippen LogP contribution in [0.4, 0.5) is 0 Å². The van der Waals surface area contributed by atoms with Gasteiger partial charge in [-0.25, -0.2) is 4.98 Å². The standard InChI is InChI=1S/C20H19N3/c1-13-14-8-4-5-9-15(14)19(23-20(13,2)3)18-12-21-16-10-6-7-11-17(16)22-18/h4-13H,1-3H3. The van der Waals surface area contributed by atoms with Crippen molar-refractivity contribution in [2.45, 2.75) is 32.2 Å². The Morgan fingerprint density at radius 3 is 2.43 bits per heavy atom. The molecule has 1 atom stereocenters. The summed E-state index contributed by atoms with van der Waals surface area (Å²) >= 11 is 0. The lowest BCUT2D eigenvalue weighted by atomic mass is 9.77. The van der Waals surface area contributed by atoms with Crippen LogP contribution in [-0.2, 0) is 0 Å². The summed E-state index contributed by atoms with van der Waals surface area (Å²) in [5, 5.41) is 0. The third kappa shape index (κ3) is 2.24. The summed E-state index contributed by atoms with van der Waals surface area (Å²) in [6, 6.07) is 16.4. The highest BCUT2D eigenvalue weighted by atomic mass is 14.9. The molecule has 0 saturated carbocycles. The predicted octanol–water partition coefficient (Wildman–Crippen LogP) is 4.36. The van der Waals surface area contributed by atoms with Crippen molar-refractivity contribution in [1.82, 2.24) is 9.97 Å². The van der Waals surface area contributed by atoms with Crippen LogP contribution in [0.2, 0.25) is 0 Å². The smallest absolute Gasteiger partial charge is 0.108 e. The van der Waals surface area contributed by atoms with Crippen molar-refractivity contribution >= 4 is 16.7 Å². The molecule has 114 valence electrons. The SMILES string of the molecule is CC1c2ccccc2C(c2cnc3ccccc3n2)=NC1(C)C. The van der Waals surface area contributed by atoms with Gasteiger partial charge < -0.3 is 0 Å². The van der Waals surface area contributed by atoms with E-state index in [0.29, 0.717) is 5.92 Å². The lowest BCUT2D eigenvalue weighted by molar-refractivity contribution is 0.432. The van der Waals surface area contributed by atoms with Gasteiger partial charge in [-0.05, 0) is 31.5 Å². The van der Waals surface area contributed by atoms with Crippen molar-refractivity contribution in [3.63, 3.8) is 0 Å². The summed E-state index contributed by atoms with van der Waals surface area (Å²) in [5.74, 6) is 0.371. The normalized spacial score (nSPS) is 19.3. The topological polar surface area (TPSA) is 38.1 Å². The van der Waals surface area contributed by atoms with Crippen molar-refractivity contribution in [2.75, 3.05) is 0 Å². The molecule has 1 unspecified atom stereocenters. The quantitative estimate of drug-likeness (QED) is 0.669. The lowest BCUT2D eigenvalue weighted by Crippen LogP contribution is -2.33. The zero-order valence-electron chi connectivity index (χ0n) is 13.6. The maximum atomic E-state index is 5.03. The number of fused-ring (bicyclic) bond motifs is 2. The zero-order chi connectivity index (χ0) is 16.0. The Labute approximate surface area is 136 Å². The Morgan fingerprint density at radius 2 is 1.61 bits per heavy atom. The number of aromatic nitrogens is 2. The third-order valence-electron chi connectivity index (χ3n) is 4.83. The maximum Gasteiger partial charge on any atom is 0.108 e. The van der Waals surface area contributed by atoms with Gasteiger partial charge in [-0.3, -0.25) is 9.98 Å². The van der Waals surface area contributed by atoms with Crippen LogP contribution in [-0.4, -0.2) is 21.2 Å². The summed E-state index contributed by atoms with van der Waals surface area (Å²) in [4.78, 5) is 14.4. The van der Waals surface area contributed by atoms with Crippen molar-refractivity contribution in [3.8, 4) is 0 Å². The highest BCUT2D eigenvalue weighted by molar-refractivity contribution is 6.14. The molecule has 0 saturated heterocycles. The van der Waals surface area contributed by atoms with E-state index in [1.807, 2.05) is 30.5 Å². The summed E-state index contributed by atoms with van der Waals surface area (Å²) in [6.07, 6.45) is 1.84. The zero-order valence-corrected chi connectivity index (χ0v) is 13.6. The van der Waals surface area contributed by atoms with Crippen LogP contribution in [0.1, 0.15) is 43.5 Å². The van der Waals surface area contributed by atoms with Crippen LogP contribution in [0.15, 0.2) is 59.7 Å². The minimum Gasteiger partial charge on any atom is -0.276 e. The van der Waals surface area contributed by atoms with E-state index in [2.05, 4.69) is 50.0 Å². The first-order chi connectivity index (χ1) is 11.1. The van der Waals surface area contributed by atoms with Crippen molar-refractivity contribution in [1.29, 1.82) is 0 Å². The Balaban J connectivity index is 1.95. The monoisotopic (exact) mass is 301 g/mol. The summed E-state index contributed by atoms with van der Waals surface area (Å²) < 4.78 is 0. The number of aliphatic imine (C=N–C) groups is 1. The second-order valence-corrected chi connectivity index (χ2v) is 6.67. The Kier molecular flexibility index (Phi) is 3.05. The molecule has 0 fully saturated rings. The first kappa shape index (κ1) is 14.1. The fourth-order valence-electron chi connectivity index (χ4n) is 3.18. The van der Waals surface area contributed by atoms with Crippen LogP contribution in [0, 0.1) is 0 Å². The van der Waals surface area contributed by atoms with Gasteiger partial charge >= 0.3 is 0 Å². The molecule has 0 bridgehead atoms. The number of para-hydroxylation sites is 2. The molecule has 3 heteroatoms. The molecule has 1 aliphatic heterocycles. The van der Waals surface area contributed by atoms with Gasteiger partial charge in [0.15, 0.2) is 0 Å². The molecule has 2 aromatic carbocycles. The fourth-order valence-corrected chi connectivity index (χ4v) is 3.18. The summed E-state index contributed by atoms with van der Waals surface area (Å²) in [5.41, 5.74) is 5.95. The van der Waals surface area contributed by atoms with Crippen molar-refractivity contribution in [3.05, 3.63) is 71.5 Å². The fraction of sp³-hybridized carbons (Fsp3) is 0.250. The van der Waals surface area contributed by atoms with E-state index >= 15 is 0 Å². The highest BCUT2D eigenvalue weighted by Gasteiger charge is 2.34. The van der Waals surface area contributed by atoms with E-state index in [1.54, 1.807) is 0 Å². The average Bonchev–Trinajstić information content (AvgIpc) is 2.58. The number of benzene rings is 2. The van der Waals surface area contributed by atoms with Gasteiger partial charge in [0.1, 0.15) is 5.69 Å². The van der Waals surface area contributed by atoms with Gasteiger partial charge in [0, 0.05) is 11.5 Å². The minimum atomic E-state index is -0.156. The molecule has 1 aliphatic rings. The van der Waals surface area contributed by atoms with E-state index in [9.17, 15) is 0 Å². The van der Waals surface area contributed by atoms with Crippen molar-refractivity contribution in [2.24, 2.45) is 4.99 Å². The van der Waals surface area contributed by atoms with Crippen LogP contribution in [0.3, 0.4) is 0 Å². The molecular weight excluding hydrogens is 282 g/mol. The molecule has 1 aromatic heterocycles. The minimum absolute atomic E-state index is 0.156. The number of nitrogens with zero attached hydrogens (tertiary/aromatic N) is 3. The Bertz CT molecular complexity index is 925.